The van der Waals surface area contributed by atoms with Crippen molar-refractivity contribution in [2.75, 3.05) is 11.4 Å². The Bertz CT molecular complexity index is 911. The van der Waals surface area contributed by atoms with Crippen molar-refractivity contribution in [2.24, 2.45) is 26.6 Å². The fraction of sp³-hybridized carbons (Fsp3) is 0.308. The molecule has 0 saturated carbocycles. The second kappa shape index (κ2) is 7.03. The highest BCUT2D eigenvalue weighted by Gasteiger charge is 2.47. The third-order valence-corrected chi connectivity index (χ3v) is 4.66. The molecule has 0 bridgehead atoms. The quantitative estimate of drug-likeness (QED) is 0.337. The van der Waals surface area contributed by atoms with Gasteiger partial charge < -0.3 is 21.6 Å². The maximum atomic E-state index is 11.4. The van der Waals surface area contributed by atoms with Crippen molar-refractivity contribution >= 4 is 44.6 Å². The van der Waals surface area contributed by atoms with Crippen LogP contribution in [0.1, 0.15) is 13.3 Å². The number of hydrogen-bond acceptors (Lipinski definition) is 8. The second-order valence-electron chi connectivity index (χ2n) is 5.47. The molecule has 1 unspecified atom stereocenters. The molecule has 0 spiro atoms. The molecule has 2 rings (SSSR count). The highest BCUT2D eigenvalue weighted by molar-refractivity contribution is 7.89. The van der Waals surface area contributed by atoms with E-state index < -0.39 is 26.6 Å². The first-order valence-electron chi connectivity index (χ1n) is 7.25. The summed E-state index contributed by atoms with van der Waals surface area (Å²) in [5.41, 5.74) is 11.7. The van der Waals surface area contributed by atoms with E-state index in [0.717, 1.165) is 0 Å². The van der Waals surface area contributed by atoms with Gasteiger partial charge in [0.1, 0.15) is 5.71 Å². The van der Waals surface area contributed by atoms with Gasteiger partial charge in [-0.05, 0) is 52.9 Å². The van der Waals surface area contributed by atoms with Crippen LogP contribution in [0.4, 0.5) is 5.69 Å². The Morgan fingerprint density at radius 3 is 2.35 bits per heavy atom. The molecule has 0 aliphatic carbocycles. The van der Waals surface area contributed by atoms with Gasteiger partial charge >= 0.3 is 11.6 Å². The zero-order valence-corrected chi connectivity index (χ0v) is 15.3. The van der Waals surface area contributed by atoms with Crippen molar-refractivity contribution in [3.05, 3.63) is 34.4 Å². The minimum absolute atomic E-state index is 0.109. The Hall–Kier alpha value is -2.48. The van der Waals surface area contributed by atoms with Gasteiger partial charge in [0.05, 0.1) is 4.90 Å². The largest absolute Gasteiger partial charge is 0.384 e. The minimum Gasteiger partial charge on any atom is -0.376 e. The number of primary sulfonamides is 1. The Labute approximate surface area is 154 Å². The van der Waals surface area contributed by atoms with Crippen molar-refractivity contribution in [3.8, 4) is 0 Å². The van der Waals surface area contributed by atoms with Gasteiger partial charge in [0.2, 0.25) is 10.0 Å². The summed E-state index contributed by atoms with van der Waals surface area (Å²) < 4.78 is 22.8. The first kappa shape index (κ1) is 19.8. The predicted octanol–water partition coefficient (Wildman–Crippen LogP) is -0.464. The SMILES string of the molecule is CC1(N(C(N)=S)c2ccc(S(N)(=O)=O)cc2)N=C(CCN)C([N+](=O)[O-])=N1. The maximum Gasteiger partial charge on any atom is 0.384 e. The molecule has 0 amide bonds. The van der Waals surface area contributed by atoms with Crippen LogP contribution in [0.5, 0.6) is 0 Å². The normalized spacial score (nSPS) is 19.7. The number of amidine groups is 1. The number of aliphatic imine (C=N–C) groups is 2. The molecular formula is C13H17N7O4S2. The van der Waals surface area contributed by atoms with Gasteiger partial charge in [0, 0.05) is 19.0 Å². The molecule has 0 fully saturated rings. The summed E-state index contributed by atoms with van der Waals surface area (Å²) in [4.78, 5) is 20.1. The maximum absolute atomic E-state index is 11.4. The van der Waals surface area contributed by atoms with Gasteiger partial charge in [-0.15, -0.1) is 0 Å². The molecule has 6 N–H and O–H groups in total. The number of nitrogens with two attached hydrogens (primary N) is 3. The van der Waals surface area contributed by atoms with E-state index in [1.54, 1.807) is 0 Å². The van der Waals surface area contributed by atoms with E-state index in [1.165, 1.54) is 36.1 Å². The van der Waals surface area contributed by atoms with Gasteiger partial charge in [-0.25, -0.2) is 18.5 Å². The number of benzene rings is 1. The van der Waals surface area contributed by atoms with Gasteiger partial charge in [0.15, 0.2) is 5.11 Å². The molecular weight excluding hydrogens is 382 g/mol. The molecule has 0 saturated heterocycles. The fourth-order valence-electron chi connectivity index (χ4n) is 2.51. The Morgan fingerprint density at radius 1 is 1.35 bits per heavy atom. The summed E-state index contributed by atoms with van der Waals surface area (Å²) in [5.74, 6) is -1.91. The smallest absolute Gasteiger partial charge is 0.376 e. The van der Waals surface area contributed by atoms with Crippen molar-refractivity contribution in [1.82, 2.24) is 0 Å². The van der Waals surface area contributed by atoms with Crippen LogP contribution in [0.3, 0.4) is 0 Å². The number of anilines is 1. The highest BCUT2D eigenvalue weighted by Crippen LogP contribution is 2.31. The average molecular weight is 399 g/mol. The van der Waals surface area contributed by atoms with Crippen molar-refractivity contribution in [2.45, 2.75) is 24.0 Å². The van der Waals surface area contributed by atoms with E-state index in [9.17, 15) is 18.5 Å². The van der Waals surface area contributed by atoms with Gasteiger partial charge in [-0.2, -0.15) is 0 Å². The van der Waals surface area contributed by atoms with Gasteiger partial charge in [-0.1, -0.05) is 0 Å². The van der Waals surface area contributed by atoms with E-state index >= 15 is 0 Å². The molecule has 1 heterocycles. The number of rotatable bonds is 5. The molecule has 1 aromatic rings. The summed E-state index contributed by atoms with van der Waals surface area (Å²) >= 11 is 5.05. The summed E-state index contributed by atoms with van der Waals surface area (Å²) in [5, 5.41) is 16.2. The van der Waals surface area contributed by atoms with Gasteiger partial charge in [-0.3, -0.25) is 4.90 Å². The monoisotopic (exact) mass is 399 g/mol. The lowest BCUT2D eigenvalue weighted by Crippen LogP contribution is -2.49. The zero-order valence-electron chi connectivity index (χ0n) is 13.7. The molecule has 1 aromatic carbocycles. The number of nitrogens with zero attached hydrogens (tertiary/aromatic N) is 4. The van der Waals surface area contributed by atoms with Crippen molar-refractivity contribution in [3.63, 3.8) is 0 Å². The molecule has 26 heavy (non-hydrogen) atoms. The Morgan fingerprint density at radius 2 is 1.92 bits per heavy atom. The van der Waals surface area contributed by atoms with Crippen LogP contribution in [0.25, 0.3) is 0 Å². The van der Waals surface area contributed by atoms with Gasteiger partial charge in [0.25, 0.3) is 0 Å². The average Bonchev–Trinajstić information content (AvgIpc) is 2.84. The number of hydrogen-bond donors (Lipinski definition) is 3. The first-order chi connectivity index (χ1) is 12.0. The lowest BCUT2D eigenvalue weighted by molar-refractivity contribution is -0.346. The van der Waals surface area contributed by atoms with Crippen LogP contribution in [-0.2, 0) is 10.0 Å². The minimum atomic E-state index is -3.88. The highest BCUT2D eigenvalue weighted by atomic mass is 32.2. The van der Waals surface area contributed by atoms with Crippen LogP contribution in [-0.4, -0.2) is 42.3 Å². The molecule has 1 atom stereocenters. The van der Waals surface area contributed by atoms with E-state index in [0.29, 0.717) is 5.69 Å². The number of sulfonamides is 1. The first-order valence-corrected chi connectivity index (χ1v) is 9.21. The summed E-state index contributed by atoms with van der Waals surface area (Å²) in [6.45, 7) is 1.64. The molecule has 140 valence electrons. The molecule has 11 nitrogen and oxygen atoms in total. The Kier molecular flexibility index (Phi) is 5.36. The van der Waals surface area contributed by atoms with Crippen LogP contribution < -0.4 is 21.5 Å². The topological polar surface area (TPSA) is 183 Å². The van der Waals surface area contributed by atoms with Crippen molar-refractivity contribution in [1.29, 1.82) is 0 Å². The number of thiocarbonyl (C=S) groups is 1. The fourth-order valence-corrected chi connectivity index (χ4v) is 3.31. The van der Waals surface area contributed by atoms with Crippen LogP contribution in [0.15, 0.2) is 39.1 Å². The standard InChI is InChI=1S/C13H17N7O4S2/c1-13(17-10(6-7-14)11(18-13)20(21)22)19(12(15)25)8-2-4-9(5-3-8)26(16,23)24/h2-5H,6-7,14H2,1H3,(H2,15,25)(H2,16,23,24). The lowest BCUT2D eigenvalue weighted by atomic mass is 10.2. The molecule has 0 aromatic heterocycles. The summed E-state index contributed by atoms with van der Waals surface area (Å²) in [6, 6.07) is 5.33. The Balaban J connectivity index is 2.54. The van der Waals surface area contributed by atoms with Crippen LogP contribution in [0.2, 0.25) is 0 Å². The third kappa shape index (κ3) is 3.85. The second-order valence-corrected chi connectivity index (χ2v) is 7.45. The van der Waals surface area contributed by atoms with Crippen LogP contribution in [0, 0.1) is 10.1 Å². The lowest BCUT2D eigenvalue weighted by Gasteiger charge is -2.29. The molecule has 1 aliphatic rings. The van der Waals surface area contributed by atoms with E-state index in [2.05, 4.69) is 9.98 Å². The zero-order chi connectivity index (χ0) is 19.7. The van der Waals surface area contributed by atoms with E-state index in [4.69, 9.17) is 28.8 Å². The molecule has 13 heteroatoms. The van der Waals surface area contributed by atoms with Crippen molar-refractivity contribution < 1.29 is 13.3 Å². The number of nitro groups is 1. The molecule has 1 aliphatic heterocycles. The third-order valence-electron chi connectivity index (χ3n) is 3.54. The summed E-state index contributed by atoms with van der Waals surface area (Å²) in [6.07, 6.45) is 0.158. The van der Waals surface area contributed by atoms with E-state index in [-0.39, 0.29) is 28.7 Å². The predicted molar refractivity (Wildman–Crippen MR) is 101 cm³/mol. The summed E-state index contributed by atoms with van der Waals surface area (Å²) in [7, 11) is -3.88. The molecule has 0 radical (unpaired) electrons. The van der Waals surface area contributed by atoms with E-state index in [1.807, 2.05) is 0 Å². The van der Waals surface area contributed by atoms with Crippen LogP contribution >= 0.6 is 12.2 Å².